The maximum absolute atomic E-state index is 14.0. The predicted molar refractivity (Wildman–Crippen MR) is 143 cm³/mol. The summed E-state index contributed by atoms with van der Waals surface area (Å²) in [5.74, 6) is -0.435. The fourth-order valence-corrected chi connectivity index (χ4v) is 4.63. The van der Waals surface area contributed by atoms with Gasteiger partial charge in [-0.25, -0.2) is 34.1 Å². The van der Waals surface area contributed by atoms with Gasteiger partial charge < -0.3 is 26.4 Å². The highest BCUT2D eigenvalue weighted by atomic mass is 19.1. The van der Waals surface area contributed by atoms with E-state index >= 15 is 0 Å². The molecule has 0 radical (unpaired) electrons. The number of benzene rings is 1. The molecule has 1 aromatic carbocycles. The third-order valence-corrected chi connectivity index (χ3v) is 6.66. The number of hydrogen-bond acceptors (Lipinski definition) is 9. The number of nitrogens with zero attached hydrogens (tertiary/aromatic N) is 6. The molecule has 12 nitrogen and oxygen atoms in total. The van der Waals surface area contributed by atoms with Crippen LogP contribution in [0.25, 0.3) is 22.3 Å². The summed E-state index contributed by atoms with van der Waals surface area (Å²) in [5.41, 5.74) is 7.11. The number of fused-ring (bicyclic) bond motifs is 1. The summed E-state index contributed by atoms with van der Waals surface area (Å²) in [6.07, 6.45) is 3.02. The van der Waals surface area contributed by atoms with Crippen molar-refractivity contribution in [3.05, 3.63) is 60.1 Å². The highest BCUT2D eigenvalue weighted by Crippen LogP contribution is 2.31. The molecule has 0 spiro atoms. The molecule has 1 saturated heterocycles. The maximum atomic E-state index is 14.0. The molecular formula is C26H26FN9O3. The third-order valence-electron chi connectivity index (χ3n) is 6.66. The van der Waals surface area contributed by atoms with Crippen LogP contribution in [0.15, 0.2) is 42.7 Å². The molecule has 2 amide bonds. The summed E-state index contributed by atoms with van der Waals surface area (Å²) in [6.45, 7) is 4.68. The molecule has 0 bridgehead atoms. The summed E-state index contributed by atoms with van der Waals surface area (Å²) in [4.78, 5) is 48.2. The van der Waals surface area contributed by atoms with E-state index in [0.717, 1.165) is 0 Å². The van der Waals surface area contributed by atoms with Crippen LogP contribution in [-0.4, -0.2) is 60.7 Å². The lowest BCUT2D eigenvalue weighted by molar-refractivity contribution is 0.102. The van der Waals surface area contributed by atoms with Gasteiger partial charge in [-0.05, 0) is 57.0 Å². The molecule has 0 unspecified atom stereocenters. The SMILES string of the molecule is Cc1nc(-c2cnc(N)c(C(=O)Nc3ncccc3N3CCC(C)(NC(=O)O)CC3)n2)c2cc(F)ccc2n1. The molecule has 0 saturated carbocycles. The number of nitrogens with one attached hydrogen (secondary N) is 2. The number of carbonyl (C=O) groups is 2. The van der Waals surface area contributed by atoms with Crippen molar-refractivity contribution in [3.63, 3.8) is 0 Å². The average Bonchev–Trinajstić information content (AvgIpc) is 2.89. The Labute approximate surface area is 222 Å². The highest BCUT2D eigenvalue weighted by Gasteiger charge is 2.32. The Morgan fingerprint density at radius 2 is 1.90 bits per heavy atom. The first-order chi connectivity index (χ1) is 18.6. The minimum absolute atomic E-state index is 0.0940. The maximum Gasteiger partial charge on any atom is 0.405 e. The number of carboxylic acid groups (broad SMARTS) is 1. The lowest BCUT2D eigenvalue weighted by Crippen LogP contribution is -2.53. The van der Waals surface area contributed by atoms with E-state index in [1.165, 1.54) is 18.3 Å². The Kier molecular flexibility index (Phi) is 6.64. The molecule has 4 aromatic rings. The Morgan fingerprint density at radius 1 is 1.13 bits per heavy atom. The molecule has 1 aliphatic rings. The molecule has 1 fully saturated rings. The van der Waals surface area contributed by atoms with Crippen LogP contribution in [0.2, 0.25) is 0 Å². The number of pyridine rings is 1. The number of rotatable bonds is 5. The van der Waals surface area contributed by atoms with Crippen LogP contribution in [0.3, 0.4) is 0 Å². The zero-order valence-electron chi connectivity index (χ0n) is 21.3. The van der Waals surface area contributed by atoms with Crippen LogP contribution in [0, 0.1) is 12.7 Å². The Balaban J connectivity index is 1.42. The number of carbonyl (C=O) groups excluding carboxylic acids is 1. The van der Waals surface area contributed by atoms with E-state index in [-0.39, 0.29) is 17.2 Å². The van der Waals surface area contributed by atoms with E-state index in [9.17, 15) is 14.0 Å². The van der Waals surface area contributed by atoms with Crippen LogP contribution < -0.4 is 21.3 Å². The number of nitrogens with two attached hydrogens (primary N) is 1. The predicted octanol–water partition coefficient (Wildman–Crippen LogP) is 3.39. The van der Waals surface area contributed by atoms with Crippen molar-refractivity contribution < 1.29 is 19.1 Å². The topological polar surface area (TPSA) is 172 Å². The zero-order valence-corrected chi connectivity index (χ0v) is 21.3. The minimum atomic E-state index is -1.06. The Morgan fingerprint density at radius 3 is 2.64 bits per heavy atom. The van der Waals surface area contributed by atoms with Gasteiger partial charge in [-0.15, -0.1) is 0 Å². The standard InChI is InChI=1S/C26H26FN9O3/c1-14-31-17-6-5-15(27)12-16(17)20(32-14)18-13-30-22(28)21(33-18)24(37)34-23-19(4-3-9-29-23)36-10-7-26(2,8-11-36)35-25(38)39/h3-6,9,12-13,35H,7-8,10-11H2,1-2H3,(H2,28,30)(H,38,39)(H,29,34,37). The summed E-state index contributed by atoms with van der Waals surface area (Å²) in [5, 5.41) is 14.9. The molecule has 39 heavy (non-hydrogen) atoms. The van der Waals surface area contributed by atoms with Crippen molar-refractivity contribution >= 4 is 40.2 Å². The molecule has 0 aliphatic carbocycles. The van der Waals surface area contributed by atoms with E-state index < -0.39 is 23.4 Å². The summed E-state index contributed by atoms with van der Waals surface area (Å²) in [6, 6.07) is 7.74. The van der Waals surface area contributed by atoms with E-state index in [2.05, 4.69) is 35.6 Å². The van der Waals surface area contributed by atoms with Crippen LogP contribution in [0.4, 0.5) is 26.5 Å². The van der Waals surface area contributed by atoms with Gasteiger partial charge in [0.2, 0.25) is 0 Å². The van der Waals surface area contributed by atoms with Gasteiger partial charge in [0.1, 0.15) is 23.0 Å². The van der Waals surface area contributed by atoms with Gasteiger partial charge in [0.05, 0.1) is 17.4 Å². The number of hydrogen-bond donors (Lipinski definition) is 4. The number of anilines is 3. The van der Waals surface area contributed by atoms with Gasteiger partial charge in [-0.1, -0.05) is 0 Å². The average molecular weight is 532 g/mol. The third kappa shape index (κ3) is 5.37. The normalized spacial score (nSPS) is 14.7. The quantitative estimate of drug-likeness (QED) is 0.299. The first-order valence-electron chi connectivity index (χ1n) is 12.2. The molecule has 4 heterocycles. The fraction of sp³-hybridized carbons (Fsp3) is 0.269. The molecule has 0 atom stereocenters. The lowest BCUT2D eigenvalue weighted by atomic mass is 9.89. The van der Waals surface area contributed by atoms with Gasteiger partial charge in [-0.2, -0.15) is 0 Å². The molecule has 200 valence electrons. The van der Waals surface area contributed by atoms with Gasteiger partial charge >= 0.3 is 6.09 Å². The number of piperidine rings is 1. The molecule has 3 aromatic heterocycles. The molecular weight excluding hydrogens is 505 g/mol. The monoisotopic (exact) mass is 531 g/mol. The number of aromatic nitrogens is 5. The van der Waals surface area contributed by atoms with Crippen molar-refractivity contribution in [1.29, 1.82) is 0 Å². The second-order valence-corrected chi connectivity index (χ2v) is 9.57. The summed E-state index contributed by atoms with van der Waals surface area (Å²) >= 11 is 0. The van der Waals surface area contributed by atoms with Crippen molar-refractivity contribution in [2.45, 2.75) is 32.2 Å². The van der Waals surface area contributed by atoms with Crippen molar-refractivity contribution in [2.75, 3.05) is 29.0 Å². The second-order valence-electron chi connectivity index (χ2n) is 9.57. The van der Waals surface area contributed by atoms with Crippen molar-refractivity contribution in [1.82, 2.24) is 30.2 Å². The molecule has 13 heteroatoms. The minimum Gasteiger partial charge on any atom is -0.465 e. The number of aryl methyl sites for hydroxylation is 1. The summed E-state index contributed by atoms with van der Waals surface area (Å²) in [7, 11) is 0. The van der Waals surface area contributed by atoms with Gasteiger partial charge in [0.15, 0.2) is 17.3 Å². The number of amides is 2. The Hall–Kier alpha value is -4.94. The van der Waals surface area contributed by atoms with Crippen molar-refractivity contribution in [2.24, 2.45) is 0 Å². The largest absolute Gasteiger partial charge is 0.465 e. The van der Waals surface area contributed by atoms with E-state index in [0.29, 0.717) is 59.9 Å². The summed E-state index contributed by atoms with van der Waals surface area (Å²) < 4.78 is 14.0. The molecule has 5 N–H and O–H groups in total. The Bertz CT molecular complexity index is 1590. The smallest absolute Gasteiger partial charge is 0.405 e. The zero-order chi connectivity index (χ0) is 27.7. The molecule has 1 aliphatic heterocycles. The van der Waals surface area contributed by atoms with Crippen LogP contribution in [-0.2, 0) is 0 Å². The number of nitrogen functional groups attached to an aromatic ring is 1. The highest BCUT2D eigenvalue weighted by molar-refractivity contribution is 6.07. The van der Waals surface area contributed by atoms with Gasteiger partial charge in [0.25, 0.3) is 5.91 Å². The van der Waals surface area contributed by atoms with Gasteiger partial charge in [-0.3, -0.25) is 4.79 Å². The van der Waals surface area contributed by atoms with E-state index in [4.69, 9.17) is 10.8 Å². The van der Waals surface area contributed by atoms with E-state index in [1.54, 1.807) is 25.3 Å². The first kappa shape index (κ1) is 25.7. The molecule has 5 rings (SSSR count). The first-order valence-corrected chi connectivity index (χ1v) is 12.2. The second kappa shape index (κ2) is 10.1. The number of halogens is 1. The van der Waals surface area contributed by atoms with Crippen molar-refractivity contribution in [3.8, 4) is 11.4 Å². The van der Waals surface area contributed by atoms with Crippen LogP contribution >= 0.6 is 0 Å². The van der Waals surface area contributed by atoms with Gasteiger partial charge in [0, 0.05) is 30.2 Å². The lowest BCUT2D eigenvalue weighted by Gasteiger charge is -2.40. The van der Waals surface area contributed by atoms with Crippen LogP contribution in [0.5, 0.6) is 0 Å². The van der Waals surface area contributed by atoms with Crippen LogP contribution in [0.1, 0.15) is 36.1 Å². The fourth-order valence-electron chi connectivity index (χ4n) is 4.63. The van der Waals surface area contributed by atoms with E-state index in [1.807, 2.05) is 17.9 Å².